The fourth-order valence-electron chi connectivity index (χ4n) is 3.23. The van der Waals surface area contributed by atoms with Crippen LogP contribution in [0, 0.1) is 5.92 Å². The number of nitrogens with one attached hydrogen (secondary N) is 1. The Balaban J connectivity index is 1.50. The zero-order valence-electron chi connectivity index (χ0n) is 10.4. The second-order valence-corrected chi connectivity index (χ2v) is 5.43. The van der Waals surface area contributed by atoms with E-state index in [4.69, 9.17) is 0 Å². The summed E-state index contributed by atoms with van der Waals surface area (Å²) in [4.78, 5) is 2.63. The van der Waals surface area contributed by atoms with Crippen LogP contribution < -0.4 is 5.32 Å². The van der Waals surface area contributed by atoms with Gasteiger partial charge in [0.2, 0.25) is 0 Å². The SMILES string of the molecule is c1ccc(CCN2CCC3CCN[C@@H]3C2)cc1. The van der Waals surface area contributed by atoms with Gasteiger partial charge in [0.25, 0.3) is 0 Å². The number of likely N-dealkylation sites (tertiary alicyclic amines) is 1. The van der Waals surface area contributed by atoms with E-state index in [-0.39, 0.29) is 0 Å². The third kappa shape index (κ3) is 2.70. The molecule has 2 aliphatic rings. The van der Waals surface area contributed by atoms with Gasteiger partial charge in [0.05, 0.1) is 0 Å². The van der Waals surface area contributed by atoms with Crippen LogP contribution in [0.4, 0.5) is 0 Å². The van der Waals surface area contributed by atoms with Gasteiger partial charge in [-0.15, -0.1) is 0 Å². The van der Waals surface area contributed by atoms with Crippen LogP contribution in [0.2, 0.25) is 0 Å². The lowest BCUT2D eigenvalue weighted by Gasteiger charge is -2.34. The number of rotatable bonds is 3. The molecular weight excluding hydrogens is 208 g/mol. The minimum absolute atomic E-state index is 0.777. The summed E-state index contributed by atoms with van der Waals surface area (Å²) in [5.41, 5.74) is 1.47. The molecule has 17 heavy (non-hydrogen) atoms. The summed E-state index contributed by atoms with van der Waals surface area (Å²) in [7, 11) is 0. The molecule has 1 unspecified atom stereocenters. The number of fused-ring (bicyclic) bond motifs is 1. The summed E-state index contributed by atoms with van der Waals surface area (Å²) >= 11 is 0. The van der Waals surface area contributed by atoms with Gasteiger partial charge < -0.3 is 10.2 Å². The minimum atomic E-state index is 0.777. The van der Waals surface area contributed by atoms with Gasteiger partial charge in [-0.25, -0.2) is 0 Å². The van der Waals surface area contributed by atoms with E-state index >= 15 is 0 Å². The predicted octanol–water partition coefficient (Wildman–Crippen LogP) is 1.91. The zero-order chi connectivity index (χ0) is 11.5. The summed E-state index contributed by atoms with van der Waals surface area (Å²) in [5.74, 6) is 0.961. The standard InChI is InChI=1S/C15H22N2/c1-2-4-13(5-3-1)7-10-17-11-8-14-6-9-16-15(14)12-17/h1-5,14-16H,6-12H2/t14?,15-/m1/s1. The Morgan fingerprint density at radius 3 is 2.94 bits per heavy atom. The molecule has 0 bridgehead atoms. The van der Waals surface area contributed by atoms with E-state index in [0.717, 1.165) is 12.0 Å². The monoisotopic (exact) mass is 230 g/mol. The highest BCUT2D eigenvalue weighted by Gasteiger charge is 2.31. The van der Waals surface area contributed by atoms with Crippen LogP contribution in [0.5, 0.6) is 0 Å². The highest BCUT2D eigenvalue weighted by molar-refractivity contribution is 5.14. The molecule has 1 N–H and O–H groups in total. The number of hydrogen-bond donors (Lipinski definition) is 1. The van der Waals surface area contributed by atoms with Gasteiger partial charge in [-0.3, -0.25) is 0 Å². The predicted molar refractivity (Wildman–Crippen MR) is 71.1 cm³/mol. The summed E-state index contributed by atoms with van der Waals surface area (Å²) in [5, 5.41) is 3.65. The highest BCUT2D eigenvalue weighted by Crippen LogP contribution is 2.25. The van der Waals surface area contributed by atoms with E-state index in [1.807, 2.05) is 0 Å². The van der Waals surface area contributed by atoms with Crippen molar-refractivity contribution in [3.05, 3.63) is 35.9 Å². The lowest BCUT2D eigenvalue weighted by molar-refractivity contribution is 0.168. The summed E-state index contributed by atoms with van der Waals surface area (Å²) in [6.07, 6.45) is 3.99. The molecule has 3 rings (SSSR count). The Morgan fingerprint density at radius 2 is 2.06 bits per heavy atom. The first kappa shape index (κ1) is 11.2. The van der Waals surface area contributed by atoms with Crippen LogP contribution in [0.15, 0.2) is 30.3 Å². The summed E-state index contributed by atoms with van der Waals surface area (Å²) < 4.78 is 0. The van der Waals surface area contributed by atoms with Gasteiger partial charge in [0.1, 0.15) is 0 Å². The van der Waals surface area contributed by atoms with Crippen molar-refractivity contribution in [1.29, 1.82) is 0 Å². The Labute approximate surface area is 104 Å². The molecule has 0 spiro atoms. The molecule has 2 nitrogen and oxygen atoms in total. The number of benzene rings is 1. The first-order valence-electron chi connectivity index (χ1n) is 6.91. The smallest absolute Gasteiger partial charge is 0.0224 e. The second kappa shape index (κ2) is 5.19. The van der Waals surface area contributed by atoms with Gasteiger partial charge >= 0.3 is 0 Å². The molecule has 92 valence electrons. The zero-order valence-corrected chi connectivity index (χ0v) is 10.4. The summed E-state index contributed by atoms with van der Waals surface area (Å²) in [6, 6.07) is 11.6. The van der Waals surface area contributed by atoms with Gasteiger partial charge in [0, 0.05) is 19.1 Å². The van der Waals surface area contributed by atoms with Crippen molar-refractivity contribution in [2.24, 2.45) is 5.92 Å². The fourth-order valence-corrected chi connectivity index (χ4v) is 3.23. The first-order chi connectivity index (χ1) is 8.42. The maximum Gasteiger partial charge on any atom is 0.0224 e. The van der Waals surface area contributed by atoms with E-state index in [1.54, 1.807) is 0 Å². The maximum atomic E-state index is 3.65. The van der Waals surface area contributed by atoms with E-state index in [0.29, 0.717) is 0 Å². The lowest BCUT2D eigenvalue weighted by Crippen LogP contribution is -2.46. The van der Waals surface area contributed by atoms with Crippen molar-refractivity contribution in [2.45, 2.75) is 25.3 Å². The Hall–Kier alpha value is -0.860. The molecule has 0 saturated carbocycles. The van der Waals surface area contributed by atoms with E-state index in [1.165, 1.54) is 51.0 Å². The minimum Gasteiger partial charge on any atom is -0.312 e. The van der Waals surface area contributed by atoms with Crippen molar-refractivity contribution < 1.29 is 0 Å². The molecule has 2 heterocycles. The van der Waals surface area contributed by atoms with Crippen LogP contribution in [-0.4, -0.2) is 37.1 Å². The van der Waals surface area contributed by atoms with E-state index in [2.05, 4.69) is 40.5 Å². The largest absolute Gasteiger partial charge is 0.312 e. The Morgan fingerprint density at radius 1 is 1.18 bits per heavy atom. The molecule has 1 aromatic carbocycles. The summed E-state index contributed by atoms with van der Waals surface area (Å²) in [6.45, 7) is 5.02. The molecule has 0 aromatic heterocycles. The quantitative estimate of drug-likeness (QED) is 0.853. The fraction of sp³-hybridized carbons (Fsp3) is 0.600. The lowest BCUT2D eigenvalue weighted by atomic mass is 9.92. The van der Waals surface area contributed by atoms with Gasteiger partial charge in [0.15, 0.2) is 0 Å². The molecule has 1 aromatic rings. The molecule has 2 atom stereocenters. The van der Waals surface area contributed by atoms with Crippen LogP contribution in [0.1, 0.15) is 18.4 Å². The van der Waals surface area contributed by atoms with Crippen molar-refractivity contribution in [3.63, 3.8) is 0 Å². The topological polar surface area (TPSA) is 15.3 Å². The van der Waals surface area contributed by atoms with E-state index < -0.39 is 0 Å². The highest BCUT2D eigenvalue weighted by atomic mass is 15.2. The molecule has 0 amide bonds. The van der Waals surface area contributed by atoms with Crippen LogP contribution in [-0.2, 0) is 6.42 Å². The number of hydrogen-bond acceptors (Lipinski definition) is 2. The average molecular weight is 230 g/mol. The molecule has 2 fully saturated rings. The normalized spacial score (nSPS) is 29.2. The Bertz CT molecular complexity index is 349. The molecule has 2 heteroatoms. The molecule has 2 aliphatic heterocycles. The van der Waals surface area contributed by atoms with Crippen LogP contribution >= 0.6 is 0 Å². The van der Waals surface area contributed by atoms with Gasteiger partial charge in [-0.1, -0.05) is 30.3 Å². The van der Waals surface area contributed by atoms with E-state index in [9.17, 15) is 0 Å². The van der Waals surface area contributed by atoms with Crippen LogP contribution in [0.25, 0.3) is 0 Å². The van der Waals surface area contributed by atoms with Crippen LogP contribution in [0.3, 0.4) is 0 Å². The molecule has 0 radical (unpaired) electrons. The van der Waals surface area contributed by atoms with Crippen molar-refractivity contribution in [1.82, 2.24) is 10.2 Å². The van der Waals surface area contributed by atoms with Crippen molar-refractivity contribution >= 4 is 0 Å². The number of piperidine rings is 1. The number of nitrogens with zero attached hydrogens (tertiary/aromatic N) is 1. The third-order valence-electron chi connectivity index (χ3n) is 4.32. The molecule has 2 saturated heterocycles. The average Bonchev–Trinajstić information content (AvgIpc) is 2.85. The maximum absolute atomic E-state index is 3.65. The van der Waals surface area contributed by atoms with Gasteiger partial charge in [-0.2, -0.15) is 0 Å². The second-order valence-electron chi connectivity index (χ2n) is 5.43. The van der Waals surface area contributed by atoms with Crippen molar-refractivity contribution in [3.8, 4) is 0 Å². The molecular formula is C15H22N2. The van der Waals surface area contributed by atoms with Gasteiger partial charge in [-0.05, 0) is 43.8 Å². The molecule has 0 aliphatic carbocycles. The van der Waals surface area contributed by atoms with Crippen molar-refractivity contribution in [2.75, 3.05) is 26.2 Å². The first-order valence-corrected chi connectivity index (χ1v) is 6.91. The Kier molecular flexibility index (Phi) is 3.44. The third-order valence-corrected chi connectivity index (χ3v) is 4.32.